The first-order valence-electron chi connectivity index (χ1n) is 5.61. The van der Waals surface area contributed by atoms with Gasteiger partial charge in [0.15, 0.2) is 5.82 Å². The number of nitrogen functional groups attached to an aromatic ring is 1. The molecule has 0 radical (unpaired) electrons. The van der Waals surface area contributed by atoms with E-state index in [1.165, 1.54) is 0 Å². The largest absolute Gasteiger partial charge is 0.490 e. The fourth-order valence-electron chi connectivity index (χ4n) is 1.54. The minimum Gasteiger partial charge on any atom is -0.490 e. The molecule has 18 heavy (non-hydrogen) atoms. The number of nitrogens with two attached hydrogens (primary N) is 1. The molecule has 0 saturated carbocycles. The van der Waals surface area contributed by atoms with Crippen LogP contribution >= 0.6 is 11.6 Å². The zero-order valence-corrected chi connectivity index (χ0v) is 11.0. The Morgan fingerprint density at radius 3 is 2.72 bits per heavy atom. The van der Waals surface area contributed by atoms with Crippen LogP contribution in [0.3, 0.4) is 0 Å². The highest BCUT2D eigenvalue weighted by atomic mass is 35.5. The van der Waals surface area contributed by atoms with E-state index in [0.717, 1.165) is 5.56 Å². The third-order valence-electron chi connectivity index (χ3n) is 2.22. The number of rotatable bonds is 3. The Balaban J connectivity index is 2.50. The second-order valence-corrected chi connectivity index (χ2v) is 4.55. The molecular formula is C13H14ClN3O. The fourth-order valence-corrected chi connectivity index (χ4v) is 1.71. The van der Waals surface area contributed by atoms with Crippen molar-refractivity contribution in [1.82, 2.24) is 9.97 Å². The Morgan fingerprint density at radius 1 is 1.28 bits per heavy atom. The highest BCUT2D eigenvalue weighted by Gasteiger charge is 2.11. The number of aromatic nitrogens is 2. The van der Waals surface area contributed by atoms with Crippen LogP contribution in [0.4, 0.5) is 5.82 Å². The molecule has 2 N–H and O–H groups in total. The van der Waals surface area contributed by atoms with Gasteiger partial charge in [-0.05, 0) is 38.1 Å². The summed E-state index contributed by atoms with van der Waals surface area (Å²) in [4.78, 5) is 8.37. The number of benzene rings is 1. The summed E-state index contributed by atoms with van der Waals surface area (Å²) in [6.07, 6.45) is 1.67. The molecule has 0 saturated heterocycles. The summed E-state index contributed by atoms with van der Waals surface area (Å²) in [7, 11) is 0. The minimum absolute atomic E-state index is 0.0611. The van der Waals surface area contributed by atoms with E-state index in [1.54, 1.807) is 24.4 Å². The molecule has 4 nitrogen and oxygen atoms in total. The van der Waals surface area contributed by atoms with E-state index < -0.39 is 0 Å². The summed E-state index contributed by atoms with van der Waals surface area (Å²) in [5.41, 5.74) is 6.40. The lowest BCUT2D eigenvalue weighted by atomic mass is 10.2. The molecule has 0 aliphatic rings. The molecule has 0 spiro atoms. The third kappa shape index (κ3) is 2.90. The van der Waals surface area contributed by atoms with Gasteiger partial charge in [0, 0.05) is 11.2 Å². The van der Waals surface area contributed by atoms with E-state index in [0.29, 0.717) is 22.4 Å². The molecular weight excluding hydrogens is 250 g/mol. The smallest absolute Gasteiger partial charge is 0.165 e. The lowest BCUT2D eigenvalue weighted by molar-refractivity contribution is 0.243. The lowest BCUT2D eigenvalue weighted by Gasteiger charge is -2.13. The monoisotopic (exact) mass is 263 g/mol. The van der Waals surface area contributed by atoms with Gasteiger partial charge in [0.2, 0.25) is 0 Å². The summed E-state index contributed by atoms with van der Waals surface area (Å²) in [5, 5.41) is 0.604. The van der Waals surface area contributed by atoms with Crippen LogP contribution in [-0.2, 0) is 0 Å². The van der Waals surface area contributed by atoms with Gasteiger partial charge in [-0.3, -0.25) is 0 Å². The molecule has 2 rings (SSSR count). The molecule has 1 aromatic heterocycles. The van der Waals surface area contributed by atoms with Gasteiger partial charge in [0.05, 0.1) is 11.7 Å². The number of ether oxygens (including phenoxy) is 1. The summed E-state index contributed by atoms with van der Waals surface area (Å²) < 4.78 is 5.72. The third-order valence-corrected chi connectivity index (χ3v) is 2.46. The van der Waals surface area contributed by atoms with Crippen LogP contribution in [0, 0.1) is 0 Å². The zero-order chi connectivity index (χ0) is 13.1. The van der Waals surface area contributed by atoms with Gasteiger partial charge in [-0.15, -0.1) is 0 Å². The Hall–Kier alpha value is -1.81. The Labute approximate surface area is 111 Å². The van der Waals surface area contributed by atoms with Gasteiger partial charge in [-0.1, -0.05) is 11.6 Å². The van der Waals surface area contributed by atoms with Crippen LogP contribution in [-0.4, -0.2) is 16.1 Å². The maximum Gasteiger partial charge on any atom is 0.165 e. The van der Waals surface area contributed by atoms with Crippen LogP contribution in [0.2, 0.25) is 5.02 Å². The van der Waals surface area contributed by atoms with Gasteiger partial charge in [0.1, 0.15) is 11.6 Å². The van der Waals surface area contributed by atoms with Crippen molar-refractivity contribution in [2.45, 2.75) is 20.0 Å². The standard InChI is InChI=1S/C13H14ClN3O/c1-8(2)18-11-4-3-9(14)7-10(11)13-16-6-5-12(15)17-13/h3-8H,1-2H3,(H2,15,16,17). The van der Waals surface area contributed by atoms with Crippen molar-refractivity contribution >= 4 is 17.4 Å². The van der Waals surface area contributed by atoms with E-state index in [9.17, 15) is 0 Å². The summed E-state index contributed by atoms with van der Waals surface area (Å²) in [5.74, 6) is 1.61. The van der Waals surface area contributed by atoms with Gasteiger partial charge < -0.3 is 10.5 Å². The van der Waals surface area contributed by atoms with Crippen molar-refractivity contribution in [2.75, 3.05) is 5.73 Å². The van der Waals surface area contributed by atoms with Crippen LogP contribution in [0.25, 0.3) is 11.4 Å². The maximum atomic E-state index is 6.00. The topological polar surface area (TPSA) is 61.0 Å². The molecule has 1 heterocycles. The Bertz CT molecular complexity index is 558. The predicted octanol–water partition coefficient (Wildman–Crippen LogP) is 3.17. The van der Waals surface area contributed by atoms with E-state index in [2.05, 4.69) is 9.97 Å². The number of hydrogen-bond donors (Lipinski definition) is 1. The average molecular weight is 264 g/mol. The normalized spacial score (nSPS) is 10.7. The molecule has 0 unspecified atom stereocenters. The number of hydrogen-bond acceptors (Lipinski definition) is 4. The van der Waals surface area contributed by atoms with Gasteiger partial charge in [0.25, 0.3) is 0 Å². The van der Waals surface area contributed by atoms with Crippen molar-refractivity contribution < 1.29 is 4.74 Å². The fraction of sp³-hybridized carbons (Fsp3) is 0.231. The number of nitrogens with zero attached hydrogens (tertiary/aromatic N) is 2. The Morgan fingerprint density at radius 2 is 2.06 bits per heavy atom. The maximum absolute atomic E-state index is 6.00. The minimum atomic E-state index is 0.0611. The van der Waals surface area contributed by atoms with Crippen LogP contribution < -0.4 is 10.5 Å². The Kier molecular flexibility index (Phi) is 3.67. The van der Waals surface area contributed by atoms with Crippen LogP contribution in [0.15, 0.2) is 30.5 Å². The second kappa shape index (κ2) is 5.23. The van der Waals surface area contributed by atoms with E-state index in [-0.39, 0.29) is 6.10 Å². The zero-order valence-electron chi connectivity index (χ0n) is 10.2. The molecule has 0 fully saturated rings. The summed E-state index contributed by atoms with van der Waals surface area (Å²) in [6, 6.07) is 6.99. The number of anilines is 1. The molecule has 0 amide bonds. The van der Waals surface area contributed by atoms with E-state index in [4.69, 9.17) is 22.1 Å². The van der Waals surface area contributed by atoms with E-state index >= 15 is 0 Å². The van der Waals surface area contributed by atoms with Gasteiger partial charge >= 0.3 is 0 Å². The van der Waals surface area contributed by atoms with Crippen molar-refractivity contribution in [3.63, 3.8) is 0 Å². The highest BCUT2D eigenvalue weighted by molar-refractivity contribution is 6.30. The first kappa shape index (κ1) is 12.6. The SMILES string of the molecule is CC(C)Oc1ccc(Cl)cc1-c1nccc(N)n1. The van der Waals surface area contributed by atoms with Crippen molar-refractivity contribution in [1.29, 1.82) is 0 Å². The predicted molar refractivity (Wildman–Crippen MR) is 72.7 cm³/mol. The van der Waals surface area contributed by atoms with Crippen molar-refractivity contribution in [3.05, 3.63) is 35.5 Å². The van der Waals surface area contributed by atoms with Crippen LogP contribution in [0.5, 0.6) is 5.75 Å². The molecule has 1 aromatic carbocycles. The van der Waals surface area contributed by atoms with Gasteiger partial charge in [-0.25, -0.2) is 9.97 Å². The first-order chi connectivity index (χ1) is 8.56. The summed E-state index contributed by atoms with van der Waals surface area (Å²) >= 11 is 6.00. The molecule has 0 aliphatic heterocycles. The summed E-state index contributed by atoms with van der Waals surface area (Å²) in [6.45, 7) is 3.91. The van der Waals surface area contributed by atoms with Crippen molar-refractivity contribution in [3.8, 4) is 17.1 Å². The molecule has 0 atom stereocenters. The second-order valence-electron chi connectivity index (χ2n) is 4.11. The van der Waals surface area contributed by atoms with Gasteiger partial charge in [-0.2, -0.15) is 0 Å². The molecule has 94 valence electrons. The quantitative estimate of drug-likeness (QED) is 0.924. The number of halogens is 1. The first-order valence-corrected chi connectivity index (χ1v) is 5.99. The highest BCUT2D eigenvalue weighted by Crippen LogP contribution is 2.31. The van der Waals surface area contributed by atoms with Crippen LogP contribution in [0.1, 0.15) is 13.8 Å². The molecule has 0 bridgehead atoms. The molecule has 0 aliphatic carbocycles. The lowest BCUT2D eigenvalue weighted by Crippen LogP contribution is -2.07. The van der Waals surface area contributed by atoms with Crippen molar-refractivity contribution in [2.24, 2.45) is 0 Å². The average Bonchev–Trinajstić information content (AvgIpc) is 2.31. The molecule has 5 heteroatoms. The molecule has 2 aromatic rings. The van der Waals surface area contributed by atoms with E-state index in [1.807, 2.05) is 19.9 Å².